The third-order valence-corrected chi connectivity index (χ3v) is 4.53. The van der Waals surface area contributed by atoms with Crippen molar-refractivity contribution in [2.75, 3.05) is 23.8 Å². The number of benzene rings is 2. The molecule has 1 aliphatic heterocycles. The summed E-state index contributed by atoms with van der Waals surface area (Å²) in [6.07, 6.45) is 1.85. The third-order valence-electron chi connectivity index (χ3n) is 4.53. The summed E-state index contributed by atoms with van der Waals surface area (Å²) in [6.45, 7) is 6.83. The molecule has 0 atom stereocenters. The van der Waals surface area contributed by atoms with Crippen LogP contribution >= 0.6 is 0 Å². The smallest absolute Gasteiger partial charge is 0.264 e. The molecule has 0 saturated heterocycles. The van der Waals surface area contributed by atoms with Gasteiger partial charge < -0.3 is 15.4 Å². The summed E-state index contributed by atoms with van der Waals surface area (Å²) < 4.78 is 5.86. The van der Waals surface area contributed by atoms with Crippen LogP contribution in [0.2, 0.25) is 0 Å². The molecule has 24 heavy (non-hydrogen) atoms. The zero-order chi connectivity index (χ0) is 17.3. The molecule has 3 rings (SSSR count). The topological polar surface area (TPSA) is 55.6 Å². The van der Waals surface area contributed by atoms with E-state index in [1.807, 2.05) is 32.0 Å². The lowest BCUT2D eigenvalue weighted by molar-refractivity contribution is -0.120. The Morgan fingerprint density at radius 2 is 1.92 bits per heavy atom. The Bertz CT molecular complexity index is 760. The molecule has 2 aromatic carbocycles. The number of nitrogen functional groups attached to an aromatic ring is 1. The average Bonchev–Trinajstić information content (AvgIpc) is 2.53. The van der Waals surface area contributed by atoms with Crippen LogP contribution in [0.1, 0.15) is 28.7 Å². The molecule has 0 aliphatic carbocycles. The Morgan fingerprint density at radius 3 is 2.62 bits per heavy atom. The van der Waals surface area contributed by atoms with E-state index in [0.717, 1.165) is 46.7 Å². The second-order valence-electron chi connectivity index (χ2n) is 6.51. The van der Waals surface area contributed by atoms with E-state index < -0.39 is 0 Å². The van der Waals surface area contributed by atoms with Gasteiger partial charge in [-0.15, -0.1) is 0 Å². The van der Waals surface area contributed by atoms with Crippen LogP contribution in [-0.4, -0.2) is 19.1 Å². The van der Waals surface area contributed by atoms with Gasteiger partial charge >= 0.3 is 0 Å². The highest BCUT2D eigenvalue weighted by Gasteiger charge is 2.24. The van der Waals surface area contributed by atoms with Crippen molar-refractivity contribution < 1.29 is 9.53 Å². The second kappa shape index (κ2) is 6.56. The zero-order valence-corrected chi connectivity index (χ0v) is 14.6. The van der Waals surface area contributed by atoms with Crippen molar-refractivity contribution in [2.24, 2.45) is 0 Å². The summed E-state index contributed by atoms with van der Waals surface area (Å²) >= 11 is 0. The summed E-state index contributed by atoms with van der Waals surface area (Å²) in [5, 5.41) is 0. The number of hydrogen-bond donors (Lipinski definition) is 1. The van der Waals surface area contributed by atoms with Crippen LogP contribution in [0.3, 0.4) is 0 Å². The first-order valence-electron chi connectivity index (χ1n) is 8.35. The van der Waals surface area contributed by atoms with Gasteiger partial charge in [0.15, 0.2) is 6.61 Å². The summed E-state index contributed by atoms with van der Waals surface area (Å²) in [7, 11) is 0. The fourth-order valence-electron chi connectivity index (χ4n) is 3.52. The predicted molar refractivity (Wildman–Crippen MR) is 97.7 cm³/mol. The first-order valence-corrected chi connectivity index (χ1v) is 8.35. The second-order valence-corrected chi connectivity index (χ2v) is 6.51. The number of amides is 1. The summed E-state index contributed by atoms with van der Waals surface area (Å²) in [4.78, 5) is 14.5. The van der Waals surface area contributed by atoms with E-state index >= 15 is 0 Å². The van der Waals surface area contributed by atoms with Crippen LogP contribution in [0.25, 0.3) is 0 Å². The summed E-state index contributed by atoms with van der Waals surface area (Å²) in [5.41, 5.74) is 12.1. The number of carbonyl (C=O) groups is 1. The minimum absolute atomic E-state index is 0.0269. The third kappa shape index (κ3) is 3.09. The van der Waals surface area contributed by atoms with Crippen molar-refractivity contribution in [3.8, 4) is 5.75 Å². The Balaban J connectivity index is 1.77. The van der Waals surface area contributed by atoms with E-state index in [1.54, 1.807) is 4.90 Å². The van der Waals surface area contributed by atoms with Gasteiger partial charge in [0.05, 0.1) is 0 Å². The highest BCUT2D eigenvalue weighted by atomic mass is 16.5. The van der Waals surface area contributed by atoms with E-state index in [4.69, 9.17) is 10.5 Å². The molecule has 0 aromatic heterocycles. The number of nitrogens with zero attached hydrogens (tertiary/aromatic N) is 1. The van der Waals surface area contributed by atoms with Crippen LogP contribution < -0.4 is 15.4 Å². The van der Waals surface area contributed by atoms with Crippen LogP contribution in [0.15, 0.2) is 30.3 Å². The number of ether oxygens (including phenoxy) is 1. The molecular formula is C20H24N2O2. The van der Waals surface area contributed by atoms with Gasteiger partial charge in [-0.25, -0.2) is 0 Å². The predicted octanol–water partition coefficient (Wildman–Crippen LogP) is 3.55. The number of fused-ring (bicyclic) bond motifs is 1. The Hall–Kier alpha value is -2.49. The lowest BCUT2D eigenvalue weighted by Gasteiger charge is -2.30. The van der Waals surface area contributed by atoms with Gasteiger partial charge in [0, 0.05) is 17.9 Å². The lowest BCUT2D eigenvalue weighted by atomic mass is 10.00. The first-order chi connectivity index (χ1) is 11.5. The molecule has 0 spiro atoms. The lowest BCUT2D eigenvalue weighted by Crippen LogP contribution is -2.39. The van der Waals surface area contributed by atoms with Crippen LogP contribution in [0.4, 0.5) is 11.4 Å². The molecular weight excluding hydrogens is 300 g/mol. The number of hydrogen-bond acceptors (Lipinski definition) is 3. The largest absolute Gasteiger partial charge is 0.483 e. The van der Waals surface area contributed by atoms with Crippen molar-refractivity contribution in [1.29, 1.82) is 0 Å². The van der Waals surface area contributed by atoms with Gasteiger partial charge in [0.1, 0.15) is 5.75 Å². The molecule has 2 aromatic rings. The minimum atomic E-state index is -0.0269. The van der Waals surface area contributed by atoms with E-state index in [1.165, 1.54) is 5.56 Å². The molecule has 2 N–H and O–H groups in total. The van der Waals surface area contributed by atoms with Gasteiger partial charge in [-0.05, 0) is 62.4 Å². The first kappa shape index (κ1) is 16.4. The van der Waals surface area contributed by atoms with Crippen LogP contribution in [-0.2, 0) is 11.2 Å². The SMILES string of the molecule is Cc1cc(C)c(OCC(=O)N2CCCc3c(N)cccc32)c(C)c1. The van der Waals surface area contributed by atoms with Crippen molar-refractivity contribution in [3.63, 3.8) is 0 Å². The molecule has 0 bridgehead atoms. The van der Waals surface area contributed by atoms with Crippen molar-refractivity contribution in [3.05, 3.63) is 52.6 Å². The fourth-order valence-corrected chi connectivity index (χ4v) is 3.52. The molecule has 0 fully saturated rings. The fraction of sp³-hybridized carbons (Fsp3) is 0.350. The summed E-state index contributed by atoms with van der Waals surface area (Å²) in [5.74, 6) is 0.777. The highest BCUT2D eigenvalue weighted by Crippen LogP contribution is 2.31. The van der Waals surface area contributed by atoms with Gasteiger partial charge in [0.2, 0.25) is 0 Å². The molecule has 0 radical (unpaired) electrons. The monoisotopic (exact) mass is 324 g/mol. The molecule has 1 amide bonds. The molecule has 1 aliphatic rings. The van der Waals surface area contributed by atoms with Crippen molar-refractivity contribution in [2.45, 2.75) is 33.6 Å². The quantitative estimate of drug-likeness (QED) is 0.879. The van der Waals surface area contributed by atoms with Crippen LogP contribution in [0, 0.1) is 20.8 Å². The molecule has 4 heteroatoms. The maximum absolute atomic E-state index is 12.7. The Labute approximate surface area is 143 Å². The average molecular weight is 324 g/mol. The Morgan fingerprint density at radius 1 is 1.21 bits per heavy atom. The molecule has 4 nitrogen and oxygen atoms in total. The molecule has 0 saturated carbocycles. The maximum atomic E-state index is 12.7. The van der Waals surface area contributed by atoms with E-state index in [2.05, 4.69) is 19.1 Å². The summed E-state index contributed by atoms with van der Waals surface area (Å²) in [6, 6.07) is 9.90. The van der Waals surface area contributed by atoms with Gasteiger partial charge in [-0.1, -0.05) is 23.8 Å². The molecule has 0 unspecified atom stereocenters. The van der Waals surface area contributed by atoms with Crippen molar-refractivity contribution in [1.82, 2.24) is 0 Å². The standard InChI is InChI=1S/C20H24N2O2/c1-13-10-14(2)20(15(3)11-13)24-12-19(23)22-9-5-6-16-17(21)7-4-8-18(16)22/h4,7-8,10-11H,5-6,9,12,21H2,1-3H3. The van der Waals surface area contributed by atoms with Crippen LogP contribution in [0.5, 0.6) is 5.75 Å². The zero-order valence-electron chi connectivity index (χ0n) is 14.6. The van der Waals surface area contributed by atoms with Gasteiger partial charge in [-0.2, -0.15) is 0 Å². The number of rotatable bonds is 3. The number of anilines is 2. The number of nitrogens with two attached hydrogens (primary N) is 1. The maximum Gasteiger partial charge on any atom is 0.264 e. The normalized spacial score (nSPS) is 13.5. The van der Waals surface area contributed by atoms with Crippen molar-refractivity contribution >= 4 is 17.3 Å². The number of aryl methyl sites for hydroxylation is 3. The number of carbonyl (C=O) groups excluding carboxylic acids is 1. The molecule has 126 valence electrons. The highest BCUT2D eigenvalue weighted by molar-refractivity contribution is 5.96. The minimum Gasteiger partial charge on any atom is -0.483 e. The van der Waals surface area contributed by atoms with E-state index in [0.29, 0.717) is 6.54 Å². The van der Waals surface area contributed by atoms with Gasteiger partial charge in [-0.3, -0.25) is 4.79 Å². The van der Waals surface area contributed by atoms with Gasteiger partial charge in [0.25, 0.3) is 5.91 Å². The molecule has 1 heterocycles. The van der Waals surface area contributed by atoms with E-state index in [-0.39, 0.29) is 12.5 Å². The Kier molecular flexibility index (Phi) is 4.47. The van der Waals surface area contributed by atoms with E-state index in [9.17, 15) is 4.79 Å².